The summed E-state index contributed by atoms with van der Waals surface area (Å²) in [6, 6.07) is 1.83. The standard InChI is InChI=1S/C10H9BrN2O2/c1-6-4-13-5-7(11)3-8(13)9(12-6)10(14)15-2/h3-5H,1-2H3. The second-order valence-electron chi connectivity index (χ2n) is 3.17. The molecular formula is C10H9BrN2O2. The second kappa shape index (κ2) is 3.66. The number of carbonyl (C=O) groups is 1. The Hall–Kier alpha value is -1.36. The van der Waals surface area contributed by atoms with Gasteiger partial charge in [-0.25, -0.2) is 9.78 Å². The largest absolute Gasteiger partial charge is 0.464 e. The summed E-state index contributed by atoms with van der Waals surface area (Å²) >= 11 is 3.35. The molecule has 0 saturated carbocycles. The minimum absolute atomic E-state index is 0.336. The molecule has 0 bridgehead atoms. The normalized spacial score (nSPS) is 10.6. The molecule has 78 valence electrons. The fourth-order valence-corrected chi connectivity index (χ4v) is 1.89. The Bertz CT molecular complexity index is 533. The van der Waals surface area contributed by atoms with Crippen molar-refractivity contribution in [2.45, 2.75) is 6.92 Å². The molecule has 2 aromatic rings. The Labute approximate surface area is 95.0 Å². The van der Waals surface area contributed by atoms with E-state index in [1.807, 2.05) is 29.8 Å². The molecule has 0 saturated heterocycles. The van der Waals surface area contributed by atoms with E-state index < -0.39 is 5.97 Å². The van der Waals surface area contributed by atoms with Gasteiger partial charge in [-0.1, -0.05) is 0 Å². The van der Waals surface area contributed by atoms with Crippen LogP contribution in [0.3, 0.4) is 0 Å². The monoisotopic (exact) mass is 268 g/mol. The number of hydrogen-bond acceptors (Lipinski definition) is 3. The smallest absolute Gasteiger partial charge is 0.358 e. The van der Waals surface area contributed by atoms with Crippen LogP contribution in [0.1, 0.15) is 16.2 Å². The third-order valence-corrected chi connectivity index (χ3v) is 2.48. The van der Waals surface area contributed by atoms with Crippen LogP contribution >= 0.6 is 15.9 Å². The molecule has 0 atom stereocenters. The minimum atomic E-state index is -0.422. The lowest BCUT2D eigenvalue weighted by Crippen LogP contribution is -2.07. The maximum absolute atomic E-state index is 11.5. The van der Waals surface area contributed by atoms with E-state index in [-0.39, 0.29) is 0 Å². The van der Waals surface area contributed by atoms with Gasteiger partial charge in [0, 0.05) is 16.9 Å². The summed E-state index contributed by atoms with van der Waals surface area (Å²) in [4.78, 5) is 15.6. The van der Waals surface area contributed by atoms with Crippen LogP contribution in [0.25, 0.3) is 5.52 Å². The molecule has 0 fully saturated rings. The molecule has 0 unspecified atom stereocenters. The quantitative estimate of drug-likeness (QED) is 0.745. The van der Waals surface area contributed by atoms with Gasteiger partial charge < -0.3 is 9.14 Å². The highest BCUT2D eigenvalue weighted by atomic mass is 79.9. The fourth-order valence-electron chi connectivity index (χ4n) is 1.45. The summed E-state index contributed by atoms with van der Waals surface area (Å²) in [5.74, 6) is -0.422. The van der Waals surface area contributed by atoms with Crippen molar-refractivity contribution in [2.24, 2.45) is 0 Å². The second-order valence-corrected chi connectivity index (χ2v) is 4.09. The molecule has 2 aromatic heterocycles. The van der Waals surface area contributed by atoms with Crippen molar-refractivity contribution >= 4 is 27.4 Å². The van der Waals surface area contributed by atoms with Gasteiger partial charge in [0.2, 0.25) is 0 Å². The highest BCUT2D eigenvalue weighted by molar-refractivity contribution is 9.10. The Morgan fingerprint density at radius 3 is 2.93 bits per heavy atom. The minimum Gasteiger partial charge on any atom is -0.464 e. The van der Waals surface area contributed by atoms with Gasteiger partial charge in [-0.2, -0.15) is 0 Å². The summed E-state index contributed by atoms with van der Waals surface area (Å²) < 4.78 is 7.43. The Morgan fingerprint density at radius 2 is 2.27 bits per heavy atom. The fraction of sp³-hybridized carbons (Fsp3) is 0.200. The Balaban J connectivity index is 2.75. The topological polar surface area (TPSA) is 43.6 Å². The average Bonchev–Trinajstić information content (AvgIpc) is 2.55. The van der Waals surface area contributed by atoms with E-state index in [1.165, 1.54) is 7.11 Å². The first kappa shape index (κ1) is 10.2. The van der Waals surface area contributed by atoms with E-state index in [2.05, 4.69) is 25.7 Å². The molecule has 0 aliphatic rings. The lowest BCUT2D eigenvalue weighted by atomic mass is 10.3. The Morgan fingerprint density at radius 1 is 1.53 bits per heavy atom. The van der Waals surface area contributed by atoms with Crippen LogP contribution in [0, 0.1) is 6.92 Å². The number of halogens is 1. The number of nitrogens with zero attached hydrogens (tertiary/aromatic N) is 2. The highest BCUT2D eigenvalue weighted by Crippen LogP contribution is 2.19. The molecule has 0 spiro atoms. The van der Waals surface area contributed by atoms with Crippen LogP contribution in [-0.4, -0.2) is 22.5 Å². The third kappa shape index (κ3) is 1.74. The van der Waals surface area contributed by atoms with Gasteiger partial charge in [-0.3, -0.25) is 0 Å². The van der Waals surface area contributed by atoms with Crippen LogP contribution in [0.2, 0.25) is 0 Å². The zero-order chi connectivity index (χ0) is 11.0. The van der Waals surface area contributed by atoms with Crippen molar-refractivity contribution < 1.29 is 9.53 Å². The molecule has 0 aliphatic heterocycles. The van der Waals surface area contributed by atoms with Crippen LogP contribution in [0.15, 0.2) is 22.9 Å². The molecule has 0 aliphatic carbocycles. The van der Waals surface area contributed by atoms with Crippen molar-refractivity contribution in [3.8, 4) is 0 Å². The Kier molecular flexibility index (Phi) is 2.48. The van der Waals surface area contributed by atoms with Gasteiger partial charge in [0.25, 0.3) is 0 Å². The van der Waals surface area contributed by atoms with Crippen LogP contribution in [0.5, 0.6) is 0 Å². The summed E-state index contributed by atoms with van der Waals surface area (Å²) in [6.45, 7) is 1.83. The molecule has 0 aromatic carbocycles. The zero-order valence-electron chi connectivity index (χ0n) is 8.32. The van der Waals surface area contributed by atoms with E-state index >= 15 is 0 Å². The van der Waals surface area contributed by atoms with Gasteiger partial charge in [-0.05, 0) is 28.9 Å². The zero-order valence-corrected chi connectivity index (χ0v) is 9.91. The van der Waals surface area contributed by atoms with E-state index in [0.29, 0.717) is 5.69 Å². The van der Waals surface area contributed by atoms with Gasteiger partial charge in [-0.15, -0.1) is 0 Å². The maximum atomic E-state index is 11.5. The molecule has 2 heterocycles. The van der Waals surface area contributed by atoms with Gasteiger partial charge >= 0.3 is 5.97 Å². The first-order valence-corrected chi connectivity index (χ1v) is 5.14. The number of rotatable bonds is 1. The molecule has 0 amide bonds. The van der Waals surface area contributed by atoms with Crippen LogP contribution in [0.4, 0.5) is 0 Å². The predicted octanol–water partition coefficient (Wildman–Crippen LogP) is 2.19. The molecule has 5 heteroatoms. The number of aromatic nitrogens is 2. The lowest BCUT2D eigenvalue weighted by molar-refractivity contribution is 0.0595. The van der Waals surface area contributed by atoms with Gasteiger partial charge in [0.05, 0.1) is 18.3 Å². The number of ether oxygens (including phenoxy) is 1. The molecule has 15 heavy (non-hydrogen) atoms. The van der Waals surface area contributed by atoms with Crippen LogP contribution in [-0.2, 0) is 4.74 Å². The van der Waals surface area contributed by atoms with Crippen molar-refractivity contribution in [2.75, 3.05) is 7.11 Å². The number of esters is 1. The predicted molar refractivity (Wildman–Crippen MR) is 59.0 cm³/mol. The molecule has 2 rings (SSSR count). The number of fused-ring (bicyclic) bond motifs is 1. The van der Waals surface area contributed by atoms with Crippen molar-refractivity contribution in [3.63, 3.8) is 0 Å². The molecule has 0 N–H and O–H groups in total. The third-order valence-electron chi connectivity index (χ3n) is 2.05. The molecule has 0 radical (unpaired) electrons. The highest BCUT2D eigenvalue weighted by Gasteiger charge is 2.14. The first-order chi connectivity index (χ1) is 7.11. The number of aryl methyl sites for hydroxylation is 1. The summed E-state index contributed by atoms with van der Waals surface area (Å²) in [7, 11) is 1.35. The van der Waals surface area contributed by atoms with Crippen molar-refractivity contribution in [1.82, 2.24) is 9.38 Å². The van der Waals surface area contributed by atoms with Crippen molar-refractivity contribution in [3.05, 3.63) is 34.3 Å². The maximum Gasteiger partial charge on any atom is 0.358 e. The first-order valence-electron chi connectivity index (χ1n) is 4.35. The summed E-state index contributed by atoms with van der Waals surface area (Å²) in [5.41, 5.74) is 1.84. The SMILES string of the molecule is COC(=O)c1nc(C)cn2cc(Br)cc12. The van der Waals surface area contributed by atoms with E-state index in [0.717, 1.165) is 15.7 Å². The lowest BCUT2D eigenvalue weighted by Gasteiger charge is -2.03. The average molecular weight is 269 g/mol. The molecular weight excluding hydrogens is 260 g/mol. The van der Waals surface area contributed by atoms with Crippen LogP contribution < -0.4 is 0 Å². The van der Waals surface area contributed by atoms with Gasteiger partial charge in [0.15, 0.2) is 5.69 Å². The summed E-state index contributed by atoms with van der Waals surface area (Å²) in [5, 5.41) is 0. The molecule has 4 nitrogen and oxygen atoms in total. The summed E-state index contributed by atoms with van der Waals surface area (Å²) in [6.07, 6.45) is 3.73. The van der Waals surface area contributed by atoms with E-state index in [9.17, 15) is 4.79 Å². The number of carbonyl (C=O) groups excluding carboxylic acids is 1. The number of methoxy groups -OCH3 is 1. The van der Waals surface area contributed by atoms with E-state index in [1.54, 1.807) is 0 Å². The van der Waals surface area contributed by atoms with Crippen molar-refractivity contribution in [1.29, 1.82) is 0 Å². The number of hydrogen-bond donors (Lipinski definition) is 0. The van der Waals surface area contributed by atoms with E-state index in [4.69, 9.17) is 0 Å². The van der Waals surface area contributed by atoms with Gasteiger partial charge in [0.1, 0.15) is 0 Å².